The molecule has 41 heavy (non-hydrogen) atoms. The van der Waals surface area contributed by atoms with Crippen molar-refractivity contribution < 1.29 is 27.1 Å². The molecular formula is C29H32F4N6O2. The summed E-state index contributed by atoms with van der Waals surface area (Å²) in [6.45, 7) is 9.17. The van der Waals surface area contributed by atoms with Crippen LogP contribution in [0.2, 0.25) is 0 Å². The summed E-state index contributed by atoms with van der Waals surface area (Å²) in [6, 6.07) is 5.22. The molecule has 0 saturated heterocycles. The first-order valence-electron chi connectivity index (χ1n) is 13.1. The van der Waals surface area contributed by atoms with Crippen LogP contribution in [-0.2, 0) is 22.1 Å². The van der Waals surface area contributed by atoms with E-state index < -0.39 is 17.7 Å². The Morgan fingerprint density at radius 3 is 2.46 bits per heavy atom. The standard InChI is InChI=1S/C24H18F4N6O.C3H8O.C2H6/c1-2-30-18-9-15(25)8-16-20-22(34-5-3-19(33-34)24(26,27)28)17(12-31-23(20)32-21(16)18)14-7-13(4-6-35)10-29-11-14;1-3-4-2;1-2/h3,5-12,30H,2,4H2,1H3,(H,31,32);3H2,1-2H3;1-2H3. The molecule has 0 unspecified atom stereocenters. The third-order valence-electron chi connectivity index (χ3n) is 5.86. The number of hydrogen-bond donors (Lipinski definition) is 2. The zero-order valence-corrected chi connectivity index (χ0v) is 23.4. The molecule has 2 N–H and O–H groups in total. The molecule has 0 amide bonds. The molecule has 0 saturated carbocycles. The second-order valence-corrected chi connectivity index (χ2v) is 8.45. The number of alkyl halides is 3. The van der Waals surface area contributed by atoms with Gasteiger partial charge in [-0.05, 0) is 43.7 Å². The van der Waals surface area contributed by atoms with Crippen LogP contribution in [0.4, 0.5) is 23.2 Å². The van der Waals surface area contributed by atoms with Gasteiger partial charge in [-0.1, -0.05) is 13.8 Å². The summed E-state index contributed by atoms with van der Waals surface area (Å²) in [5.74, 6) is -0.517. The number of benzene rings is 1. The summed E-state index contributed by atoms with van der Waals surface area (Å²) in [6.07, 6.45) is 1.96. The fraction of sp³-hybridized carbons (Fsp3) is 0.310. The molecule has 8 nitrogen and oxygen atoms in total. The van der Waals surface area contributed by atoms with Crippen molar-refractivity contribution in [3.8, 4) is 16.8 Å². The Labute approximate surface area is 234 Å². The van der Waals surface area contributed by atoms with Gasteiger partial charge in [-0.15, -0.1) is 0 Å². The van der Waals surface area contributed by atoms with Crippen LogP contribution in [0, 0.1) is 5.82 Å². The average Bonchev–Trinajstić information content (AvgIpc) is 3.60. The minimum Gasteiger partial charge on any atom is -0.385 e. The molecule has 218 valence electrons. The van der Waals surface area contributed by atoms with Crippen LogP contribution in [0.15, 0.2) is 49.1 Å². The molecule has 5 rings (SSSR count). The smallest absolute Gasteiger partial charge is 0.385 e. The molecule has 0 spiro atoms. The van der Waals surface area contributed by atoms with Crippen LogP contribution in [0.5, 0.6) is 0 Å². The van der Waals surface area contributed by atoms with Gasteiger partial charge in [-0.2, -0.15) is 18.3 Å². The van der Waals surface area contributed by atoms with Crippen LogP contribution >= 0.6 is 0 Å². The van der Waals surface area contributed by atoms with Gasteiger partial charge in [0.25, 0.3) is 0 Å². The van der Waals surface area contributed by atoms with Crippen LogP contribution in [0.3, 0.4) is 0 Å². The van der Waals surface area contributed by atoms with Gasteiger partial charge < -0.3 is 19.8 Å². The lowest BCUT2D eigenvalue weighted by Crippen LogP contribution is -2.08. The van der Waals surface area contributed by atoms with Crippen molar-refractivity contribution in [3.05, 3.63) is 66.1 Å². The summed E-state index contributed by atoms with van der Waals surface area (Å²) in [4.78, 5) is 22.8. The number of hydrogen-bond acceptors (Lipinski definition) is 6. The monoisotopic (exact) mass is 572 g/mol. The van der Waals surface area contributed by atoms with Crippen LogP contribution in [0.1, 0.15) is 39.0 Å². The van der Waals surface area contributed by atoms with E-state index in [1.165, 1.54) is 36.9 Å². The fourth-order valence-corrected chi connectivity index (χ4v) is 4.13. The van der Waals surface area contributed by atoms with Crippen LogP contribution in [0.25, 0.3) is 38.8 Å². The lowest BCUT2D eigenvalue weighted by atomic mass is 10.0. The molecule has 12 heteroatoms. The molecule has 4 aromatic heterocycles. The quantitative estimate of drug-likeness (QED) is 0.161. The summed E-state index contributed by atoms with van der Waals surface area (Å²) in [5, 5.41) is 7.70. The van der Waals surface area contributed by atoms with E-state index in [2.05, 4.69) is 30.1 Å². The number of methoxy groups -OCH3 is 1. The second-order valence-electron chi connectivity index (χ2n) is 8.45. The van der Waals surface area contributed by atoms with E-state index in [4.69, 9.17) is 0 Å². The highest BCUT2D eigenvalue weighted by atomic mass is 19.4. The number of nitrogens with zero attached hydrogens (tertiary/aromatic N) is 4. The molecule has 0 bridgehead atoms. The lowest BCUT2D eigenvalue weighted by Gasteiger charge is -2.12. The topological polar surface area (TPSA) is 97.7 Å². The molecule has 0 aliphatic heterocycles. The molecule has 0 atom stereocenters. The minimum atomic E-state index is -4.65. The maximum Gasteiger partial charge on any atom is 0.435 e. The predicted octanol–water partition coefficient (Wildman–Crippen LogP) is 6.97. The van der Waals surface area contributed by atoms with Crippen molar-refractivity contribution in [1.29, 1.82) is 0 Å². The van der Waals surface area contributed by atoms with Gasteiger partial charge in [-0.3, -0.25) is 4.98 Å². The van der Waals surface area contributed by atoms with Crippen molar-refractivity contribution in [3.63, 3.8) is 0 Å². The summed E-state index contributed by atoms with van der Waals surface area (Å²) in [7, 11) is 1.68. The van der Waals surface area contributed by atoms with Gasteiger partial charge in [0, 0.05) is 68.0 Å². The maximum absolute atomic E-state index is 14.6. The van der Waals surface area contributed by atoms with E-state index in [1.54, 1.807) is 13.2 Å². The number of aldehydes is 1. The van der Waals surface area contributed by atoms with Crippen molar-refractivity contribution >= 4 is 33.9 Å². The Morgan fingerprint density at radius 1 is 1.12 bits per heavy atom. The first-order valence-corrected chi connectivity index (χ1v) is 13.1. The molecule has 4 heterocycles. The van der Waals surface area contributed by atoms with E-state index in [0.29, 0.717) is 50.9 Å². The van der Waals surface area contributed by atoms with Crippen molar-refractivity contribution in [2.24, 2.45) is 0 Å². The number of nitrogens with one attached hydrogen (secondary N) is 2. The number of fused-ring (bicyclic) bond motifs is 3. The molecular weight excluding hydrogens is 540 g/mol. The Bertz CT molecular complexity index is 1610. The molecule has 5 aromatic rings. The van der Waals surface area contributed by atoms with E-state index in [9.17, 15) is 22.4 Å². The predicted molar refractivity (Wildman–Crippen MR) is 152 cm³/mol. The zero-order chi connectivity index (χ0) is 30.2. The third kappa shape index (κ3) is 6.88. The summed E-state index contributed by atoms with van der Waals surface area (Å²) < 4.78 is 60.4. The normalized spacial score (nSPS) is 11.0. The number of carbonyl (C=O) groups excluding carboxylic acids is 1. The maximum atomic E-state index is 14.6. The number of aromatic nitrogens is 5. The van der Waals surface area contributed by atoms with E-state index >= 15 is 0 Å². The summed E-state index contributed by atoms with van der Waals surface area (Å²) in [5.41, 5.74) is 2.18. The Hall–Kier alpha value is -4.32. The van der Waals surface area contributed by atoms with Gasteiger partial charge in [-0.25, -0.2) is 14.1 Å². The van der Waals surface area contributed by atoms with Gasteiger partial charge in [0.15, 0.2) is 5.69 Å². The molecule has 0 aliphatic rings. The molecule has 0 aliphatic carbocycles. The van der Waals surface area contributed by atoms with Crippen LogP contribution in [-0.4, -0.2) is 51.3 Å². The van der Waals surface area contributed by atoms with Crippen molar-refractivity contribution in [2.45, 2.75) is 40.3 Å². The van der Waals surface area contributed by atoms with Gasteiger partial charge in [0.2, 0.25) is 0 Å². The largest absolute Gasteiger partial charge is 0.435 e. The van der Waals surface area contributed by atoms with Gasteiger partial charge in [0.1, 0.15) is 17.8 Å². The number of H-pyrrole nitrogens is 1. The van der Waals surface area contributed by atoms with Crippen molar-refractivity contribution in [2.75, 3.05) is 25.6 Å². The number of rotatable bonds is 7. The Kier molecular flexibility index (Phi) is 10.5. The highest BCUT2D eigenvalue weighted by molar-refractivity contribution is 6.15. The highest BCUT2D eigenvalue weighted by Crippen LogP contribution is 2.39. The second kappa shape index (κ2) is 13.8. The lowest BCUT2D eigenvalue weighted by molar-refractivity contribution is -0.141. The van der Waals surface area contributed by atoms with Crippen molar-refractivity contribution in [1.82, 2.24) is 24.7 Å². The first kappa shape index (κ1) is 31.2. The number of halogens is 4. The number of aromatic amines is 1. The number of carbonyl (C=O) groups is 1. The highest BCUT2D eigenvalue weighted by Gasteiger charge is 2.34. The molecule has 1 aromatic carbocycles. The van der Waals surface area contributed by atoms with Crippen LogP contribution < -0.4 is 5.32 Å². The molecule has 0 radical (unpaired) electrons. The van der Waals surface area contributed by atoms with E-state index in [0.717, 1.165) is 23.6 Å². The van der Waals surface area contributed by atoms with Gasteiger partial charge >= 0.3 is 6.18 Å². The SMILES string of the molecule is CC.CCNc1cc(F)cc2c1[nH]c1ncc(-c3cncc(CC=O)c3)c(-n3ccc(C(F)(F)F)n3)c12.CCOC. The molecule has 0 fully saturated rings. The average molecular weight is 573 g/mol. The van der Waals surface area contributed by atoms with Gasteiger partial charge in [0.05, 0.1) is 22.3 Å². The van der Waals surface area contributed by atoms with E-state index in [1.807, 2.05) is 27.7 Å². The zero-order valence-electron chi connectivity index (χ0n) is 23.4. The Morgan fingerprint density at radius 2 is 1.85 bits per heavy atom. The van der Waals surface area contributed by atoms with E-state index in [-0.39, 0.29) is 12.1 Å². The number of ether oxygens (including phenoxy) is 1. The number of anilines is 1. The summed E-state index contributed by atoms with van der Waals surface area (Å²) >= 11 is 0. The third-order valence-corrected chi connectivity index (χ3v) is 5.86. The fourth-order valence-electron chi connectivity index (χ4n) is 4.13. The Balaban J connectivity index is 0.000000710. The number of pyridine rings is 2. The minimum absolute atomic E-state index is 0.121. The first-order chi connectivity index (χ1) is 19.7.